The molecule has 0 unspecified atom stereocenters. The molecule has 0 spiro atoms. The summed E-state index contributed by atoms with van der Waals surface area (Å²) in [5.41, 5.74) is 2.58. The van der Waals surface area contributed by atoms with Crippen molar-refractivity contribution >= 4 is 16.9 Å². The Labute approximate surface area is 93.4 Å². The molecule has 1 aromatic carbocycles. The van der Waals surface area contributed by atoms with E-state index >= 15 is 0 Å². The molecular formula is C13H13NO2. The fraction of sp³-hybridized carbons (Fsp3) is 0.154. The van der Waals surface area contributed by atoms with Crippen molar-refractivity contribution in [2.75, 3.05) is 0 Å². The smallest absolute Gasteiger partial charge is 0.330 e. The number of aliphatic carboxylic acids is 1. The van der Waals surface area contributed by atoms with E-state index < -0.39 is 5.97 Å². The Morgan fingerprint density at radius 2 is 2.19 bits per heavy atom. The normalized spacial score (nSPS) is 11.9. The molecule has 0 saturated carbocycles. The van der Waals surface area contributed by atoms with Crippen LogP contribution in [0.15, 0.2) is 42.1 Å². The molecule has 16 heavy (non-hydrogen) atoms. The average molecular weight is 215 g/mol. The summed E-state index contributed by atoms with van der Waals surface area (Å²) in [4.78, 5) is 13.8. The minimum atomic E-state index is -0.861. The zero-order chi connectivity index (χ0) is 11.5. The van der Waals surface area contributed by atoms with Gasteiger partial charge in [0.25, 0.3) is 0 Å². The lowest BCUT2D eigenvalue weighted by Gasteiger charge is -1.95. The molecule has 1 heterocycles. The van der Waals surface area contributed by atoms with Crippen molar-refractivity contribution in [2.45, 2.75) is 13.3 Å². The Hall–Kier alpha value is -2.03. The number of hydrogen-bond donors (Lipinski definition) is 2. The summed E-state index contributed by atoms with van der Waals surface area (Å²) in [6.45, 7) is 1.61. The third kappa shape index (κ3) is 1.98. The number of carboxylic acids is 1. The van der Waals surface area contributed by atoms with Crippen LogP contribution in [0, 0.1) is 0 Å². The number of benzene rings is 1. The van der Waals surface area contributed by atoms with Crippen molar-refractivity contribution in [2.24, 2.45) is 0 Å². The van der Waals surface area contributed by atoms with E-state index in [4.69, 9.17) is 5.11 Å². The van der Waals surface area contributed by atoms with Crippen LogP contribution < -0.4 is 0 Å². The van der Waals surface area contributed by atoms with E-state index in [1.807, 2.05) is 30.5 Å². The van der Waals surface area contributed by atoms with Gasteiger partial charge in [-0.3, -0.25) is 0 Å². The van der Waals surface area contributed by atoms with Gasteiger partial charge in [0, 0.05) is 22.7 Å². The topological polar surface area (TPSA) is 53.1 Å². The highest BCUT2D eigenvalue weighted by Gasteiger charge is 2.03. The summed E-state index contributed by atoms with van der Waals surface area (Å²) in [6, 6.07) is 7.99. The zero-order valence-corrected chi connectivity index (χ0v) is 9.03. The molecule has 3 heteroatoms. The van der Waals surface area contributed by atoms with Gasteiger partial charge in [0.2, 0.25) is 0 Å². The Morgan fingerprint density at radius 1 is 1.44 bits per heavy atom. The largest absolute Gasteiger partial charge is 0.478 e. The molecule has 0 fully saturated rings. The van der Waals surface area contributed by atoms with Crippen molar-refractivity contribution < 1.29 is 9.90 Å². The van der Waals surface area contributed by atoms with E-state index in [0.29, 0.717) is 12.0 Å². The summed E-state index contributed by atoms with van der Waals surface area (Å²) in [5.74, 6) is -0.861. The van der Waals surface area contributed by atoms with Gasteiger partial charge in [0.05, 0.1) is 0 Å². The van der Waals surface area contributed by atoms with Gasteiger partial charge in [0.15, 0.2) is 0 Å². The Kier molecular flexibility index (Phi) is 2.77. The minimum absolute atomic E-state index is 0.380. The van der Waals surface area contributed by atoms with Gasteiger partial charge in [-0.05, 0) is 25.0 Å². The number of hydrogen-bond acceptors (Lipinski definition) is 1. The molecule has 0 atom stereocenters. The number of carbonyl (C=O) groups is 1. The first-order valence-corrected chi connectivity index (χ1v) is 5.13. The zero-order valence-electron chi connectivity index (χ0n) is 9.03. The molecule has 0 amide bonds. The molecule has 0 aliphatic heterocycles. The van der Waals surface area contributed by atoms with Crippen LogP contribution in [0.4, 0.5) is 0 Å². The first-order chi connectivity index (χ1) is 7.68. The van der Waals surface area contributed by atoms with Crippen LogP contribution in [-0.2, 0) is 11.2 Å². The number of aromatic nitrogens is 1. The van der Waals surface area contributed by atoms with Crippen LogP contribution in [0.3, 0.4) is 0 Å². The van der Waals surface area contributed by atoms with Crippen LogP contribution in [-0.4, -0.2) is 16.1 Å². The molecule has 0 aliphatic carbocycles. The summed E-state index contributed by atoms with van der Waals surface area (Å²) in [7, 11) is 0. The molecule has 0 saturated heterocycles. The molecule has 2 aromatic rings. The van der Waals surface area contributed by atoms with Gasteiger partial charge in [0.1, 0.15) is 0 Å². The Bertz CT molecular complexity index is 552. The van der Waals surface area contributed by atoms with Crippen molar-refractivity contribution in [3.8, 4) is 0 Å². The van der Waals surface area contributed by atoms with Gasteiger partial charge in [-0.1, -0.05) is 24.3 Å². The third-order valence-corrected chi connectivity index (χ3v) is 2.64. The van der Waals surface area contributed by atoms with Crippen molar-refractivity contribution in [1.82, 2.24) is 4.98 Å². The maximum atomic E-state index is 10.6. The molecule has 0 bridgehead atoms. The van der Waals surface area contributed by atoms with Crippen LogP contribution in [0.25, 0.3) is 10.9 Å². The number of nitrogens with one attached hydrogen (secondary N) is 1. The second-order valence-corrected chi connectivity index (χ2v) is 3.76. The Morgan fingerprint density at radius 3 is 2.94 bits per heavy atom. The monoisotopic (exact) mass is 215 g/mol. The van der Waals surface area contributed by atoms with Gasteiger partial charge in [-0.15, -0.1) is 0 Å². The van der Waals surface area contributed by atoms with E-state index in [0.717, 1.165) is 16.5 Å². The standard InChI is InChI=1S/C13H13NO2/c1-9(13(15)16)6-7-10-8-14-12-5-3-2-4-11(10)12/h2-6,8,14H,7H2,1H3,(H,15,16)/b9-6-. The quantitative estimate of drug-likeness (QED) is 0.773. The predicted molar refractivity (Wildman–Crippen MR) is 63.4 cm³/mol. The van der Waals surface area contributed by atoms with Crippen molar-refractivity contribution in [3.63, 3.8) is 0 Å². The maximum absolute atomic E-state index is 10.6. The fourth-order valence-electron chi connectivity index (χ4n) is 1.65. The highest BCUT2D eigenvalue weighted by atomic mass is 16.4. The number of fused-ring (bicyclic) bond motifs is 1. The number of allylic oxidation sites excluding steroid dienone is 1. The predicted octanol–water partition coefficient (Wildman–Crippen LogP) is 2.74. The number of para-hydroxylation sites is 1. The summed E-state index contributed by atoms with van der Waals surface area (Å²) < 4.78 is 0. The fourth-order valence-corrected chi connectivity index (χ4v) is 1.65. The van der Waals surface area contributed by atoms with Gasteiger partial charge < -0.3 is 10.1 Å². The first-order valence-electron chi connectivity index (χ1n) is 5.13. The van der Waals surface area contributed by atoms with Crippen LogP contribution in [0.5, 0.6) is 0 Å². The summed E-state index contributed by atoms with van der Waals surface area (Å²) in [5, 5.41) is 9.90. The van der Waals surface area contributed by atoms with Crippen LogP contribution in [0.2, 0.25) is 0 Å². The molecule has 82 valence electrons. The SMILES string of the molecule is C/C(=C/Cc1c[nH]c2ccccc12)C(=O)O. The number of H-pyrrole nitrogens is 1. The molecule has 1 aromatic heterocycles. The van der Waals surface area contributed by atoms with Crippen LogP contribution in [0.1, 0.15) is 12.5 Å². The molecule has 0 radical (unpaired) electrons. The van der Waals surface area contributed by atoms with Crippen LogP contribution >= 0.6 is 0 Å². The van der Waals surface area contributed by atoms with Gasteiger partial charge in [-0.25, -0.2) is 4.79 Å². The van der Waals surface area contributed by atoms with E-state index in [1.54, 1.807) is 13.0 Å². The van der Waals surface area contributed by atoms with E-state index in [-0.39, 0.29) is 0 Å². The highest BCUT2D eigenvalue weighted by Crippen LogP contribution is 2.18. The first kappa shape index (κ1) is 10.5. The summed E-state index contributed by atoms with van der Waals surface area (Å²) >= 11 is 0. The summed E-state index contributed by atoms with van der Waals surface area (Å²) in [6.07, 6.45) is 4.30. The van der Waals surface area contributed by atoms with E-state index in [2.05, 4.69) is 4.98 Å². The highest BCUT2D eigenvalue weighted by molar-refractivity contribution is 5.86. The molecule has 3 nitrogen and oxygen atoms in total. The molecule has 2 N–H and O–H groups in total. The number of rotatable bonds is 3. The van der Waals surface area contributed by atoms with Crippen molar-refractivity contribution in [3.05, 3.63) is 47.7 Å². The maximum Gasteiger partial charge on any atom is 0.330 e. The van der Waals surface area contributed by atoms with Gasteiger partial charge in [-0.2, -0.15) is 0 Å². The number of aromatic amines is 1. The lowest BCUT2D eigenvalue weighted by atomic mass is 10.1. The van der Waals surface area contributed by atoms with E-state index in [9.17, 15) is 4.79 Å². The second-order valence-electron chi connectivity index (χ2n) is 3.76. The molecule has 0 aliphatic rings. The van der Waals surface area contributed by atoms with Crippen molar-refractivity contribution in [1.29, 1.82) is 0 Å². The lowest BCUT2D eigenvalue weighted by Crippen LogP contribution is -1.96. The minimum Gasteiger partial charge on any atom is -0.478 e. The second kappa shape index (κ2) is 4.23. The number of carboxylic acid groups (broad SMARTS) is 1. The lowest BCUT2D eigenvalue weighted by molar-refractivity contribution is -0.132. The average Bonchev–Trinajstić information content (AvgIpc) is 2.69. The molecular weight excluding hydrogens is 202 g/mol. The van der Waals surface area contributed by atoms with Gasteiger partial charge >= 0.3 is 5.97 Å². The Balaban J connectivity index is 2.28. The third-order valence-electron chi connectivity index (χ3n) is 2.64. The van der Waals surface area contributed by atoms with E-state index in [1.165, 1.54) is 0 Å². The molecule has 2 rings (SSSR count).